The SMILES string of the molecule is Cc1oc(-n2cccc2)c(C#N)c1C(=O)NCCSCc1ccco1. The van der Waals surface area contributed by atoms with Crippen LogP contribution in [0.4, 0.5) is 0 Å². The summed E-state index contributed by atoms with van der Waals surface area (Å²) in [6.45, 7) is 2.19. The first-order valence-electron chi connectivity index (χ1n) is 7.76. The number of hydrogen-bond donors (Lipinski definition) is 1. The topological polar surface area (TPSA) is 84.1 Å². The molecule has 7 heteroatoms. The van der Waals surface area contributed by atoms with Gasteiger partial charge in [0.05, 0.1) is 12.0 Å². The molecule has 3 heterocycles. The average molecular weight is 355 g/mol. The van der Waals surface area contributed by atoms with E-state index in [2.05, 4.69) is 11.4 Å². The quantitative estimate of drug-likeness (QED) is 0.656. The summed E-state index contributed by atoms with van der Waals surface area (Å²) >= 11 is 1.66. The van der Waals surface area contributed by atoms with Gasteiger partial charge in [0.25, 0.3) is 5.91 Å². The minimum absolute atomic E-state index is 0.245. The Hall–Kier alpha value is -2.85. The highest BCUT2D eigenvalue weighted by Crippen LogP contribution is 2.25. The lowest BCUT2D eigenvalue weighted by Crippen LogP contribution is -2.26. The van der Waals surface area contributed by atoms with E-state index in [-0.39, 0.29) is 11.5 Å². The Labute approximate surface area is 149 Å². The number of hydrogen-bond acceptors (Lipinski definition) is 5. The fourth-order valence-electron chi connectivity index (χ4n) is 2.45. The van der Waals surface area contributed by atoms with Crippen LogP contribution >= 0.6 is 11.8 Å². The van der Waals surface area contributed by atoms with Crippen molar-refractivity contribution in [3.63, 3.8) is 0 Å². The van der Waals surface area contributed by atoms with Crippen LogP contribution in [0.1, 0.15) is 27.4 Å². The van der Waals surface area contributed by atoms with Crippen LogP contribution < -0.4 is 5.32 Å². The number of amides is 1. The van der Waals surface area contributed by atoms with Crippen LogP contribution in [0.3, 0.4) is 0 Å². The number of aromatic nitrogens is 1. The van der Waals surface area contributed by atoms with E-state index in [9.17, 15) is 10.1 Å². The van der Waals surface area contributed by atoms with E-state index >= 15 is 0 Å². The highest BCUT2D eigenvalue weighted by Gasteiger charge is 2.24. The normalized spacial score (nSPS) is 10.6. The van der Waals surface area contributed by atoms with E-state index in [4.69, 9.17) is 8.83 Å². The van der Waals surface area contributed by atoms with Gasteiger partial charge in [-0.1, -0.05) is 0 Å². The maximum absolute atomic E-state index is 12.5. The van der Waals surface area contributed by atoms with Gasteiger partial charge < -0.3 is 14.2 Å². The Morgan fingerprint density at radius 2 is 2.16 bits per heavy atom. The zero-order chi connectivity index (χ0) is 17.6. The molecule has 0 aliphatic carbocycles. The molecule has 0 radical (unpaired) electrons. The lowest BCUT2D eigenvalue weighted by atomic mass is 10.1. The second-order valence-corrected chi connectivity index (χ2v) is 6.41. The molecule has 0 fully saturated rings. The Morgan fingerprint density at radius 1 is 1.36 bits per heavy atom. The summed E-state index contributed by atoms with van der Waals surface area (Å²) in [6.07, 6.45) is 5.18. The molecule has 0 aliphatic rings. The van der Waals surface area contributed by atoms with Crippen molar-refractivity contribution in [2.45, 2.75) is 12.7 Å². The number of carbonyl (C=O) groups excluding carboxylic acids is 1. The summed E-state index contributed by atoms with van der Waals surface area (Å²) in [7, 11) is 0. The monoisotopic (exact) mass is 355 g/mol. The predicted octanol–water partition coefficient (Wildman–Crippen LogP) is 3.51. The molecule has 0 aliphatic heterocycles. The Balaban J connectivity index is 1.61. The number of nitrogens with one attached hydrogen (secondary N) is 1. The van der Waals surface area contributed by atoms with Crippen LogP contribution in [0, 0.1) is 18.3 Å². The van der Waals surface area contributed by atoms with Crippen molar-refractivity contribution in [2.24, 2.45) is 0 Å². The van der Waals surface area contributed by atoms with Gasteiger partial charge in [0, 0.05) is 24.7 Å². The summed E-state index contributed by atoms with van der Waals surface area (Å²) < 4.78 is 12.6. The molecule has 0 bridgehead atoms. The number of nitriles is 1. The van der Waals surface area contributed by atoms with E-state index < -0.39 is 0 Å². The fraction of sp³-hybridized carbons (Fsp3) is 0.222. The number of rotatable bonds is 7. The molecule has 0 saturated heterocycles. The second-order valence-electron chi connectivity index (χ2n) is 5.30. The zero-order valence-corrected chi connectivity index (χ0v) is 14.5. The molecule has 6 nitrogen and oxygen atoms in total. The van der Waals surface area contributed by atoms with Gasteiger partial charge in [-0.2, -0.15) is 17.0 Å². The van der Waals surface area contributed by atoms with Crippen LogP contribution in [0.15, 0.2) is 51.8 Å². The third kappa shape index (κ3) is 3.80. The van der Waals surface area contributed by atoms with Gasteiger partial charge in [-0.05, 0) is 31.2 Å². The molecule has 3 aromatic rings. The summed E-state index contributed by atoms with van der Waals surface area (Å²) in [5.74, 6) is 2.91. The van der Waals surface area contributed by atoms with Gasteiger partial charge in [-0.25, -0.2) is 0 Å². The summed E-state index contributed by atoms with van der Waals surface area (Å²) in [6, 6.07) is 9.51. The zero-order valence-electron chi connectivity index (χ0n) is 13.7. The molecule has 0 spiro atoms. The lowest BCUT2D eigenvalue weighted by Gasteiger charge is -2.04. The summed E-state index contributed by atoms with van der Waals surface area (Å²) in [4.78, 5) is 12.5. The number of nitrogens with zero attached hydrogens (tertiary/aromatic N) is 2. The molecule has 0 unspecified atom stereocenters. The smallest absolute Gasteiger partial charge is 0.256 e. The van der Waals surface area contributed by atoms with Crippen molar-refractivity contribution in [1.82, 2.24) is 9.88 Å². The standard InChI is InChI=1S/C18H17N3O3S/c1-13-16(15(11-19)18(24-13)21-7-2-3-8-21)17(22)20-6-10-25-12-14-5-4-9-23-14/h2-5,7-9H,6,10,12H2,1H3,(H,20,22). The molecular formula is C18H17N3O3S. The van der Waals surface area contributed by atoms with E-state index in [0.717, 1.165) is 17.3 Å². The number of furan rings is 2. The van der Waals surface area contributed by atoms with Crippen LogP contribution in [-0.4, -0.2) is 22.8 Å². The van der Waals surface area contributed by atoms with Crippen LogP contribution in [0.2, 0.25) is 0 Å². The third-order valence-corrected chi connectivity index (χ3v) is 4.58. The number of carbonyl (C=O) groups is 1. The highest BCUT2D eigenvalue weighted by atomic mass is 32.2. The van der Waals surface area contributed by atoms with Crippen molar-refractivity contribution < 1.29 is 13.6 Å². The molecule has 3 aromatic heterocycles. The second kappa shape index (κ2) is 7.81. The average Bonchev–Trinajstić information content (AvgIpc) is 3.34. The molecule has 1 amide bonds. The Morgan fingerprint density at radius 3 is 2.84 bits per heavy atom. The van der Waals surface area contributed by atoms with Gasteiger partial charge in [-0.15, -0.1) is 0 Å². The molecule has 0 aromatic carbocycles. The van der Waals surface area contributed by atoms with Gasteiger partial charge in [0.2, 0.25) is 5.88 Å². The van der Waals surface area contributed by atoms with E-state index in [1.807, 2.05) is 24.3 Å². The molecular weight excluding hydrogens is 338 g/mol. The molecule has 128 valence electrons. The first-order chi connectivity index (χ1) is 12.2. The molecule has 1 N–H and O–H groups in total. The minimum atomic E-state index is -0.296. The van der Waals surface area contributed by atoms with Crippen LogP contribution in [0.5, 0.6) is 0 Å². The Kier molecular flexibility index (Phi) is 5.31. The first kappa shape index (κ1) is 17.0. The van der Waals surface area contributed by atoms with Crippen molar-refractivity contribution in [3.8, 4) is 12.0 Å². The lowest BCUT2D eigenvalue weighted by molar-refractivity contribution is 0.0954. The fourth-order valence-corrected chi connectivity index (χ4v) is 3.21. The maximum Gasteiger partial charge on any atom is 0.256 e. The van der Waals surface area contributed by atoms with E-state index in [0.29, 0.717) is 23.8 Å². The molecule has 3 rings (SSSR count). The van der Waals surface area contributed by atoms with Gasteiger partial charge >= 0.3 is 0 Å². The van der Waals surface area contributed by atoms with Gasteiger partial charge in [0.15, 0.2) is 0 Å². The number of aryl methyl sites for hydroxylation is 1. The first-order valence-corrected chi connectivity index (χ1v) is 8.91. The molecule has 0 atom stereocenters. The minimum Gasteiger partial charge on any atom is -0.468 e. The van der Waals surface area contributed by atoms with Crippen molar-refractivity contribution >= 4 is 17.7 Å². The molecule has 0 saturated carbocycles. The van der Waals surface area contributed by atoms with Crippen molar-refractivity contribution in [1.29, 1.82) is 5.26 Å². The van der Waals surface area contributed by atoms with Gasteiger partial charge in [-0.3, -0.25) is 9.36 Å². The predicted molar refractivity (Wildman–Crippen MR) is 94.7 cm³/mol. The van der Waals surface area contributed by atoms with Crippen molar-refractivity contribution in [3.05, 3.63) is 65.6 Å². The highest BCUT2D eigenvalue weighted by molar-refractivity contribution is 7.98. The third-order valence-electron chi connectivity index (χ3n) is 3.60. The summed E-state index contributed by atoms with van der Waals surface area (Å²) in [5, 5.41) is 12.3. The van der Waals surface area contributed by atoms with E-state index in [1.165, 1.54) is 0 Å². The van der Waals surface area contributed by atoms with Gasteiger partial charge in [0.1, 0.15) is 28.7 Å². The summed E-state index contributed by atoms with van der Waals surface area (Å²) in [5.41, 5.74) is 0.539. The van der Waals surface area contributed by atoms with Crippen molar-refractivity contribution in [2.75, 3.05) is 12.3 Å². The van der Waals surface area contributed by atoms with Crippen LogP contribution in [-0.2, 0) is 5.75 Å². The largest absolute Gasteiger partial charge is 0.468 e. The number of thioether (sulfide) groups is 1. The Bertz CT molecular complexity index is 874. The maximum atomic E-state index is 12.5. The molecule has 25 heavy (non-hydrogen) atoms. The van der Waals surface area contributed by atoms with E-state index in [1.54, 1.807) is 41.9 Å². The van der Waals surface area contributed by atoms with Crippen LogP contribution in [0.25, 0.3) is 5.88 Å².